The van der Waals surface area contributed by atoms with E-state index in [0.717, 1.165) is 43.7 Å². The second-order valence-electron chi connectivity index (χ2n) is 5.11. The second-order valence-corrected chi connectivity index (χ2v) is 5.42. The van der Waals surface area contributed by atoms with Crippen molar-refractivity contribution in [2.75, 3.05) is 19.0 Å². The maximum Gasteiger partial charge on any atom is 0.255 e. The fourth-order valence-corrected chi connectivity index (χ4v) is 2.76. The molecule has 0 aromatic carbocycles. The van der Waals surface area contributed by atoms with Gasteiger partial charge < -0.3 is 4.90 Å². The minimum absolute atomic E-state index is 0.0738. The van der Waals surface area contributed by atoms with Crippen molar-refractivity contribution in [2.45, 2.75) is 33.1 Å². The van der Waals surface area contributed by atoms with Crippen molar-refractivity contribution >= 4 is 17.5 Å². The summed E-state index contributed by atoms with van der Waals surface area (Å²) in [7, 11) is 0. The van der Waals surface area contributed by atoms with Crippen molar-refractivity contribution in [1.82, 2.24) is 15.1 Å². The number of aryl methyl sites for hydroxylation is 2. The Labute approximate surface area is 119 Å². The van der Waals surface area contributed by atoms with E-state index in [1.165, 1.54) is 0 Å². The molecule has 1 unspecified atom stereocenters. The van der Waals surface area contributed by atoms with Crippen LogP contribution >= 0.6 is 11.6 Å². The van der Waals surface area contributed by atoms with Gasteiger partial charge in [0.15, 0.2) is 0 Å². The van der Waals surface area contributed by atoms with Crippen LogP contribution in [0.3, 0.4) is 0 Å². The smallest absolute Gasteiger partial charge is 0.255 e. The highest BCUT2D eigenvalue weighted by Crippen LogP contribution is 2.20. The van der Waals surface area contributed by atoms with Crippen LogP contribution in [-0.4, -0.2) is 40.0 Å². The zero-order chi connectivity index (χ0) is 13.8. The predicted octanol–water partition coefficient (Wildman–Crippen LogP) is 2.44. The number of halogens is 1. The first kappa shape index (κ1) is 14.3. The van der Waals surface area contributed by atoms with Crippen molar-refractivity contribution < 1.29 is 4.79 Å². The summed E-state index contributed by atoms with van der Waals surface area (Å²) >= 11 is 5.92. The number of rotatable bonds is 3. The van der Waals surface area contributed by atoms with Gasteiger partial charge in [-0.1, -0.05) is 6.92 Å². The monoisotopic (exact) mass is 281 g/mol. The first-order chi connectivity index (χ1) is 9.15. The largest absolute Gasteiger partial charge is 0.338 e. The molecule has 2 heterocycles. The van der Waals surface area contributed by atoms with Crippen molar-refractivity contribution in [2.24, 2.45) is 5.92 Å². The van der Waals surface area contributed by atoms with Gasteiger partial charge in [0.2, 0.25) is 0 Å². The molecular weight excluding hydrogens is 262 g/mol. The molecule has 5 heteroatoms. The molecule has 0 aliphatic carbocycles. The molecule has 1 aromatic rings. The van der Waals surface area contributed by atoms with Gasteiger partial charge in [0.05, 0.1) is 17.0 Å². The van der Waals surface area contributed by atoms with E-state index in [1.807, 2.05) is 24.8 Å². The van der Waals surface area contributed by atoms with Gasteiger partial charge in [0.25, 0.3) is 5.91 Å². The summed E-state index contributed by atoms with van der Waals surface area (Å²) in [5, 5.41) is 8.16. The van der Waals surface area contributed by atoms with Gasteiger partial charge >= 0.3 is 0 Å². The summed E-state index contributed by atoms with van der Waals surface area (Å²) in [6.45, 7) is 5.43. The molecule has 1 aromatic heterocycles. The van der Waals surface area contributed by atoms with E-state index in [9.17, 15) is 4.79 Å². The first-order valence-electron chi connectivity index (χ1n) is 6.84. The molecule has 104 valence electrons. The maximum absolute atomic E-state index is 12.6. The lowest BCUT2D eigenvalue weighted by Gasteiger charge is -2.32. The lowest BCUT2D eigenvalue weighted by molar-refractivity contribution is 0.0683. The number of aromatic nitrogens is 2. The third-order valence-corrected chi connectivity index (χ3v) is 4.02. The Bertz CT molecular complexity index is 464. The molecule has 2 rings (SSSR count). The van der Waals surface area contributed by atoms with Gasteiger partial charge in [-0.25, -0.2) is 0 Å². The summed E-state index contributed by atoms with van der Waals surface area (Å²) in [5.74, 6) is 1.11. The van der Waals surface area contributed by atoms with E-state index < -0.39 is 0 Å². The molecule has 19 heavy (non-hydrogen) atoms. The first-order valence-corrected chi connectivity index (χ1v) is 7.37. The van der Waals surface area contributed by atoms with Crippen molar-refractivity contribution in [3.63, 3.8) is 0 Å². The number of hydrogen-bond acceptors (Lipinski definition) is 3. The van der Waals surface area contributed by atoms with Crippen LogP contribution in [-0.2, 0) is 6.42 Å². The van der Waals surface area contributed by atoms with Crippen LogP contribution < -0.4 is 0 Å². The van der Waals surface area contributed by atoms with Gasteiger partial charge in [0, 0.05) is 19.0 Å². The Balaban J connectivity index is 2.21. The number of nitrogens with zero attached hydrogens (tertiary/aromatic N) is 3. The highest BCUT2D eigenvalue weighted by atomic mass is 35.5. The van der Waals surface area contributed by atoms with Gasteiger partial charge in [-0.3, -0.25) is 4.79 Å². The van der Waals surface area contributed by atoms with Gasteiger partial charge in [-0.15, -0.1) is 11.6 Å². The number of alkyl halides is 1. The predicted molar refractivity (Wildman–Crippen MR) is 75.5 cm³/mol. The standard InChI is InChI=1S/C14H20ClN3O/c1-3-13-12(7-10(2)16-17-13)14(19)18-6-4-5-11(8-15)9-18/h7,11H,3-6,8-9H2,1-2H3. The number of piperidine rings is 1. The molecule has 1 aliphatic rings. The number of carbonyl (C=O) groups excluding carboxylic acids is 1. The second kappa shape index (κ2) is 6.33. The number of likely N-dealkylation sites (tertiary alicyclic amines) is 1. The third kappa shape index (κ3) is 3.24. The summed E-state index contributed by atoms with van der Waals surface area (Å²) in [5.41, 5.74) is 2.26. The minimum atomic E-state index is 0.0738. The highest BCUT2D eigenvalue weighted by Gasteiger charge is 2.25. The van der Waals surface area contributed by atoms with Crippen LogP contribution in [0.1, 0.15) is 41.5 Å². The molecule has 0 saturated carbocycles. The topological polar surface area (TPSA) is 46.1 Å². The Morgan fingerprint density at radius 2 is 2.32 bits per heavy atom. The molecule has 0 radical (unpaired) electrons. The number of hydrogen-bond donors (Lipinski definition) is 0. The number of carbonyl (C=O) groups is 1. The summed E-state index contributed by atoms with van der Waals surface area (Å²) in [4.78, 5) is 14.5. The Morgan fingerprint density at radius 3 is 3.00 bits per heavy atom. The van der Waals surface area contributed by atoms with Crippen molar-refractivity contribution in [3.05, 3.63) is 23.0 Å². The molecule has 0 bridgehead atoms. The Kier molecular flexibility index (Phi) is 4.75. The number of amides is 1. The SMILES string of the molecule is CCc1nnc(C)cc1C(=O)N1CCCC(CCl)C1. The molecule has 0 spiro atoms. The molecule has 1 aliphatic heterocycles. The van der Waals surface area contributed by atoms with Crippen LogP contribution in [0.25, 0.3) is 0 Å². The average Bonchev–Trinajstić information content (AvgIpc) is 2.46. The fourth-order valence-electron chi connectivity index (χ4n) is 2.51. The van der Waals surface area contributed by atoms with Gasteiger partial charge in [-0.2, -0.15) is 10.2 Å². The Morgan fingerprint density at radius 1 is 1.53 bits per heavy atom. The summed E-state index contributed by atoms with van der Waals surface area (Å²) in [6.07, 6.45) is 2.87. The van der Waals surface area contributed by atoms with Crippen LogP contribution in [0.15, 0.2) is 6.07 Å². The molecule has 1 saturated heterocycles. The lowest BCUT2D eigenvalue weighted by atomic mass is 9.99. The molecule has 4 nitrogen and oxygen atoms in total. The van der Waals surface area contributed by atoms with Crippen LogP contribution in [0, 0.1) is 12.8 Å². The third-order valence-electron chi connectivity index (χ3n) is 3.58. The van der Waals surface area contributed by atoms with Crippen molar-refractivity contribution in [1.29, 1.82) is 0 Å². The molecule has 0 N–H and O–H groups in total. The quantitative estimate of drug-likeness (QED) is 0.800. The van der Waals surface area contributed by atoms with Crippen LogP contribution in [0.4, 0.5) is 0 Å². The van der Waals surface area contributed by atoms with E-state index in [-0.39, 0.29) is 5.91 Å². The van der Waals surface area contributed by atoms with Crippen LogP contribution in [0.5, 0.6) is 0 Å². The minimum Gasteiger partial charge on any atom is -0.338 e. The molecule has 1 amide bonds. The zero-order valence-corrected chi connectivity index (χ0v) is 12.3. The normalized spacial score (nSPS) is 19.5. The Hall–Kier alpha value is -1.16. The summed E-state index contributed by atoms with van der Waals surface area (Å²) in [6, 6.07) is 1.85. The van der Waals surface area contributed by atoms with E-state index >= 15 is 0 Å². The van der Waals surface area contributed by atoms with Crippen molar-refractivity contribution in [3.8, 4) is 0 Å². The van der Waals surface area contributed by atoms with Crippen LogP contribution in [0.2, 0.25) is 0 Å². The van der Waals surface area contributed by atoms with E-state index in [1.54, 1.807) is 0 Å². The van der Waals surface area contributed by atoms with E-state index in [2.05, 4.69) is 10.2 Å². The maximum atomic E-state index is 12.6. The average molecular weight is 282 g/mol. The highest BCUT2D eigenvalue weighted by molar-refractivity contribution is 6.18. The lowest BCUT2D eigenvalue weighted by Crippen LogP contribution is -2.41. The van der Waals surface area contributed by atoms with Gasteiger partial charge in [0.1, 0.15) is 0 Å². The fraction of sp³-hybridized carbons (Fsp3) is 0.643. The molecule has 1 fully saturated rings. The van der Waals surface area contributed by atoms with E-state index in [0.29, 0.717) is 17.4 Å². The van der Waals surface area contributed by atoms with E-state index in [4.69, 9.17) is 11.6 Å². The van der Waals surface area contributed by atoms with Gasteiger partial charge in [-0.05, 0) is 38.2 Å². The molecular formula is C14H20ClN3O. The summed E-state index contributed by atoms with van der Waals surface area (Å²) < 4.78 is 0. The zero-order valence-electron chi connectivity index (χ0n) is 11.5. The molecule has 1 atom stereocenters.